The van der Waals surface area contributed by atoms with Gasteiger partial charge in [0.25, 0.3) is 0 Å². The lowest BCUT2D eigenvalue weighted by atomic mass is 10.2. The van der Waals surface area contributed by atoms with Crippen LogP contribution in [0.25, 0.3) is 0 Å². The molecule has 1 aromatic carbocycles. The Balaban J connectivity index is 2.19. The van der Waals surface area contributed by atoms with Gasteiger partial charge in [0.15, 0.2) is 5.78 Å². The summed E-state index contributed by atoms with van der Waals surface area (Å²) in [4.78, 5) is 14.9. The molecule has 80 valence electrons. The molecule has 0 aromatic heterocycles. The van der Waals surface area contributed by atoms with E-state index < -0.39 is 0 Å². The van der Waals surface area contributed by atoms with Crippen LogP contribution in [0.5, 0.6) is 0 Å². The van der Waals surface area contributed by atoms with Gasteiger partial charge in [-0.25, -0.2) is 0 Å². The highest BCUT2D eigenvalue weighted by molar-refractivity contribution is 5.92. The molecule has 0 bridgehead atoms. The molecule has 0 saturated heterocycles. The van der Waals surface area contributed by atoms with Crippen molar-refractivity contribution in [3.63, 3.8) is 0 Å². The maximum Gasteiger partial charge on any atom is 0.163 e. The second kappa shape index (κ2) is 6.90. The number of aliphatic imine (C=N–C) groups is 1. The van der Waals surface area contributed by atoms with Crippen LogP contribution < -0.4 is 0 Å². The molecule has 0 unspecified atom stereocenters. The summed E-state index contributed by atoms with van der Waals surface area (Å²) in [5, 5.41) is 0. The van der Waals surface area contributed by atoms with Gasteiger partial charge >= 0.3 is 0 Å². The molecule has 1 rings (SSSR count). The Hall–Kier alpha value is -1.48. The van der Waals surface area contributed by atoms with E-state index in [0.717, 1.165) is 5.56 Å². The third kappa shape index (κ3) is 5.08. The Morgan fingerprint density at radius 1 is 1.40 bits per heavy atom. The predicted molar refractivity (Wildman–Crippen MR) is 60.1 cm³/mol. The molecule has 0 aliphatic heterocycles. The van der Waals surface area contributed by atoms with Crippen molar-refractivity contribution in [3.05, 3.63) is 35.9 Å². The zero-order valence-electron chi connectivity index (χ0n) is 8.85. The quantitative estimate of drug-likeness (QED) is 0.665. The van der Waals surface area contributed by atoms with Gasteiger partial charge in [0.05, 0.1) is 6.61 Å². The van der Waals surface area contributed by atoms with Crippen LogP contribution in [0.4, 0.5) is 0 Å². The van der Waals surface area contributed by atoms with Crippen LogP contribution in [0.3, 0.4) is 0 Å². The molecule has 0 fully saturated rings. The number of rotatable bonds is 6. The zero-order chi connectivity index (χ0) is 10.9. The van der Waals surface area contributed by atoms with Crippen LogP contribution in [-0.2, 0) is 16.1 Å². The monoisotopic (exact) mass is 205 g/mol. The van der Waals surface area contributed by atoms with Gasteiger partial charge < -0.3 is 9.73 Å². The summed E-state index contributed by atoms with van der Waals surface area (Å²) < 4.78 is 5.27. The molecule has 0 amide bonds. The first-order valence-electron chi connectivity index (χ1n) is 4.87. The van der Waals surface area contributed by atoms with Crippen LogP contribution in [0.1, 0.15) is 12.0 Å². The van der Waals surface area contributed by atoms with Gasteiger partial charge in [-0.15, -0.1) is 0 Å². The second-order valence-corrected chi connectivity index (χ2v) is 3.16. The number of carbonyl (C=O) groups excluding carboxylic acids is 1. The highest BCUT2D eigenvalue weighted by atomic mass is 16.5. The topological polar surface area (TPSA) is 38.7 Å². The summed E-state index contributed by atoms with van der Waals surface area (Å²) in [6.07, 6.45) is 1.94. The first kappa shape index (κ1) is 11.6. The maximum absolute atomic E-state index is 11.2. The van der Waals surface area contributed by atoms with Gasteiger partial charge in [0.1, 0.15) is 6.61 Å². The van der Waals surface area contributed by atoms with Crippen molar-refractivity contribution in [2.45, 2.75) is 13.0 Å². The number of hydrogen-bond donors (Lipinski definition) is 0. The molecule has 1 aromatic rings. The average molecular weight is 205 g/mol. The summed E-state index contributed by atoms with van der Waals surface area (Å²) in [5.41, 5.74) is 1.08. The van der Waals surface area contributed by atoms with E-state index in [1.807, 2.05) is 30.3 Å². The maximum atomic E-state index is 11.2. The first-order chi connectivity index (χ1) is 7.33. The number of hydrogen-bond acceptors (Lipinski definition) is 3. The molecule has 0 N–H and O–H groups in total. The lowest BCUT2D eigenvalue weighted by Gasteiger charge is -2.02. The summed E-state index contributed by atoms with van der Waals surface area (Å²) in [6.45, 7) is 0.636. The van der Waals surface area contributed by atoms with Crippen LogP contribution in [0, 0.1) is 0 Å². The lowest BCUT2D eigenvalue weighted by Crippen LogP contribution is -2.08. The van der Waals surface area contributed by atoms with Crippen molar-refractivity contribution in [2.75, 3.05) is 13.7 Å². The molecule has 0 aliphatic rings. The number of nitrogens with zero attached hydrogens (tertiary/aromatic N) is 1. The Labute approximate surface area is 89.8 Å². The standard InChI is InChI=1S/C12H15NO2/c1-13-8-7-12(14)10-15-9-11-5-3-2-4-6-11/h2-6,8H,7,9-10H2,1H3. The molecule has 15 heavy (non-hydrogen) atoms. The number of carbonyl (C=O) groups is 1. The third-order valence-electron chi connectivity index (χ3n) is 1.88. The van der Waals surface area contributed by atoms with Crippen molar-refractivity contribution < 1.29 is 9.53 Å². The SMILES string of the molecule is CN=CCC(=O)COCc1ccccc1. The summed E-state index contributed by atoms with van der Waals surface area (Å²) in [5.74, 6) is 0.0523. The van der Waals surface area contributed by atoms with Gasteiger partial charge in [0, 0.05) is 19.7 Å². The Morgan fingerprint density at radius 2 is 2.13 bits per heavy atom. The molecular weight excluding hydrogens is 190 g/mol. The molecule has 3 nitrogen and oxygen atoms in total. The lowest BCUT2D eigenvalue weighted by molar-refractivity contribution is -0.122. The Morgan fingerprint density at radius 3 is 2.80 bits per heavy atom. The molecule has 0 heterocycles. The van der Waals surface area contributed by atoms with Crippen molar-refractivity contribution >= 4 is 12.0 Å². The molecule has 3 heteroatoms. The molecule has 0 atom stereocenters. The van der Waals surface area contributed by atoms with Crippen molar-refractivity contribution in [2.24, 2.45) is 4.99 Å². The number of ketones is 1. The van der Waals surface area contributed by atoms with Crippen LogP contribution >= 0.6 is 0 Å². The molecule has 0 saturated carbocycles. The first-order valence-corrected chi connectivity index (χ1v) is 4.87. The highest BCUT2D eigenvalue weighted by Crippen LogP contribution is 2.00. The molecule has 0 radical (unpaired) electrons. The van der Waals surface area contributed by atoms with Crippen LogP contribution in [-0.4, -0.2) is 25.7 Å². The summed E-state index contributed by atoms with van der Waals surface area (Å²) in [7, 11) is 1.65. The van der Waals surface area contributed by atoms with E-state index in [0.29, 0.717) is 13.0 Å². The largest absolute Gasteiger partial charge is 0.369 e. The fourth-order valence-corrected chi connectivity index (χ4v) is 1.11. The van der Waals surface area contributed by atoms with Gasteiger partial charge in [-0.05, 0) is 5.56 Å². The highest BCUT2D eigenvalue weighted by Gasteiger charge is 1.99. The van der Waals surface area contributed by atoms with E-state index in [1.165, 1.54) is 0 Å². The Bertz CT molecular complexity index is 320. The number of ether oxygens (including phenoxy) is 1. The number of benzene rings is 1. The van der Waals surface area contributed by atoms with Crippen LogP contribution in [0.2, 0.25) is 0 Å². The third-order valence-corrected chi connectivity index (χ3v) is 1.88. The molecule has 0 spiro atoms. The minimum Gasteiger partial charge on any atom is -0.369 e. The van der Waals surface area contributed by atoms with E-state index in [4.69, 9.17) is 4.74 Å². The zero-order valence-corrected chi connectivity index (χ0v) is 8.85. The van der Waals surface area contributed by atoms with Gasteiger partial charge in [-0.2, -0.15) is 0 Å². The van der Waals surface area contributed by atoms with E-state index in [-0.39, 0.29) is 12.4 Å². The van der Waals surface area contributed by atoms with Crippen molar-refractivity contribution in [1.82, 2.24) is 0 Å². The van der Waals surface area contributed by atoms with Crippen molar-refractivity contribution in [3.8, 4) is 0 Å². The summed E-state index contributed by atoms with van der Waals surface area (Å²) >= 11 is 0. The van der Waals surface area contributed by atoms with Gasteiger partial charge in [-0.1, -0.05) is 30.3 Å². The summed E-state index contributed by atoms with van der Waals surface area (Å²) in [6, 6.07) is 9.79. The van der Waals surface area contributed by atoms with E-state index in [9.17, 15) is 4.79 Å². The van der Waals surface area contributed by atoms with E-state index in [1.54, 1.807) is 13.3 Å². The van der Waals surface area contributed by atoms with E-state index >= 15 is 0 Å². The van der Waals surface area contributed by atoms with Crippen molar-refractivity contribution in [1.29, 1.82) is 0 Å². The average Bonchev–Trinajstić information content (AvgIpc) is 2.28. The fourth-order valence-electron chi connectivity index (χ4n) is 1.11. The fraction of sp³-hybridized carbons (Fsp3) is 0.333. The number of Topliss-reactive ketones (excluding diaryl/α,β-unsaturated/α-hetero) is 1. The molecule has 0 aliphatic carbocycles. The van der Waals surface area contributed by atoms with E-state index in [2.05, 4.69) is 4.99 Å². The molecular formula is C12H15NO2. The predicted octanol–water partition coefficient (Wildman–Crippen LogP) is 1.86. The van der Waals surface area contributed by atoms with Crippen LogP contribution in [0.15, 0.2) is 35.3 Å². The minimum absolute atomic E-state index is 0.0523. The van der Waals surface area contributed by atoms with Gasteiger partial charge in [-0.3, -0.25) is 4.79 Å². The van der Waals surface area contributed by atoms with Gasteiger partial charge in [0.2, 0.25) is 0 Å². The Kier molecular flexibility index (Phi) is 5.33. The minimum atomic E-state index is 0.0523. The second-order valence-electron chi connectivity index (χ2n) is 3.16. The normalized spacial score (nSPS) is 10.7. The smallest absolute Gasteiger partial charge is 0.163 e.